The summed E-state index contributed by atoms with van der Waals surface area (Å²) in [5.74, 6) is -0.104. The van der Waals surface area contributed by atoms with Crippen LogP contribution in [0.5, 0.6) is 0 Å². The molecule has 104 valence electrons. The zero-order valence-corrected chi connectivity index (χ0v) is 11.9. The van der Waals surface area contributed by atoms with Gasteiger partial charge in [0.25, 0.3) is 5.91 Å². The Labute approximate surface area is 118 Å². The van der Waals surface area contributed by atoms with Crippen LogP contribution in [0.2, 0.25) is 0 Å². The van der Waals surface area contributed by atoms with Crippen molar-refractivity contribution in [3.63, 3.8) is 0 Å². The molecule has 5 nitrogen and oxygen atoms in total. The van der Waals surface area contributed by atoms with Gasteiger partial charge in [0, 0.05) is 24.5 Å². The molecule has 1 heterocycles. The Morgan fingerprint density at radius 2 is 2.00 bits per heavy atom. The molecular weight excluding hydrogens is 252 g/mol. The van der Waals surface area contributed by atoms with E-state index in [1.165, 1.54) is 0 Å². The minimum absolute atomic E-state index is 0.104. The zero-order valence-electron chi connectivity index (χ0n) is 11.9. The second kappa shape index (κ2) is 6.14. The molecule has 0 atom stereocenters. The Bertz CT molecular complexity index is 608. The predicted octanol–water partition coefficient (Wildman–Crippen LogP) is 2.07. The summed E-state index contributed by atoms with van der Waals surface area (Å²) in [7, 11) is 1.85. The van der Waals surface area contributed by atoms with E-state index in [4.69, 9.17) is 0 Å². The fraction of sp³-hybridized carbons (Fsp3) is 0.267. The maximum absolute atomic E-state index is 12.1. The summed E-state index contributed by atoms with van der Waals surface area (Å²) >= 11 is 0. The van der Waals surface area contributed by atoms with Crippen LogP contribution in [0.3, 0.4) is 0 Å². The first-order valence-electron chi connectivity index (χ1n) is 6.44. The number of rotatable bonds is 4. The molecule has 0 aliphatic rings. The second-order valence-corrected chi connectivity index (χ2v) is 4.61. The van der Waals surface area contributed by atoms with Gasteiger partial charge in [0.05, 0.1) is 24.1 Å². The maximum atomic E-state index is 12.1. The van der Waals surface area contributed by atoms with E-state index < -0.39 is 0 Å². The lowest BCUT2D eigenvalue weighted by Gasteiger charge is -2.09. The van der Waals surface area contributed by atoms with Crippen LogP contribution in [0.25, 0.3) is 0 Å². The van der Waals surface area contributed by atoms with Crippen LogP contribution >= 0.6 is 0 Å². The Morgan fingerprint density at radius 1 is 1.20 bits per heavy atom. The molecule has 0 radical (unpaired) electrons. The third kappa shape index (κ3) is 3.32. The first kappa shape index (κ1) is 14.0. The third-order valence-corrected chi connectivity index (χ3v) is 3.02. The van der Waals surface area contributed by atoms with E-state index in [1.54, 1.807) is 12.4 Å². The van der Waals surface area contributed by atoms with E-state index in [2.05, 4.69) is 20.6 Å². The van der Waals surface area contributed by atoms with E-state index in [0.717, 1.165) is 22.6 Å². The van der Waals surface area contributed by atoms with Crippen LogP contribution < -0.4 is 10.6 Å². The number of nitrogens with zero attached hydrogens (tertiary/aromatic N) is 2. The van der Waals surface area contributed by atoms with Gasteiger partial charge < -0.3 is 10.6 Å². The van der Waals surface area contributed by atoms with E-state index >= 15 is 0 Å². The number of nitrogens with one attached hydrogen (secondary N) is 2. The molecule has 1 aromatic heterocycles. The van der Waals surface area contributed by atoms with E-state index in [0.29, 0.717) is 12.1 Å². The van der Waals surface area contributed by atoms with E-state index in [1.807, 2.05) is 39.1 Å². The van der Waals surface area contributed by atoms with Crippen LogP contribution in [0.4, 0.5) is 5.69 Å². The predicted molar refractivity (Wildman–Crippen MR) is 78.7 cm³/mol. The van der Waals surface area contributed by atoms with Crippen LogP contribution in [-0.2, 0) is 6.54 Å². The zero-order chi connectivity index (χ0) is 14.5. The lowest BCUT2D eigenvalue weighted by molar-refractivity contribution is 0.0950. The molecule has 0 saturated carbocycles. The molecular formula is C15H18N4O. The molecule has 20 heavy (non-hydrogen) atoms. The molecule has 2 N–H and O–H groups in total. The number of carbonyl (C=O) groups excluding carboxylic acids is 1. The van der Waals surface area contributed by atoms with Crippen molar-refractivity contribution in [2.45, 2.75) is 20.4 Å². The van der Waals surface area contributed by atoms with Crippen LogP contribution in [-0.4, -0.2) is 22.9 Å². The molecule has 0 aliphatic heterocycles. The third-order valence-electron chi connectivity index (χ3n) is 3.02. The Morgan fingerprint density at radius 3 is 2.60 bits per heavy atom. The van der Waals surface area contributed by atoms with Gasteiger partial charge >= 0.3 is 0 Å². The standard InChI is InChI=1S/C15H18N4O/c1-10-6-12(16-3)4-5-14(10)15(20)19-9-13-8-17-11(2)7-18-13/h4-8,16H,9H2,1-3H3,(H,19,20). The van der Waals surface area contributed by atoms with Gasteiger partial charge in [0.15, 0.2) is 0 Å². The number of benzene rings is 1. The molecule has 0 aliphatic carbocycles. The number of amides is 1. The number of hydrogen-bond acceptors (Lipinski definition) is 4. The van der Waals surface area contributed by atoms with Gasteiger partial charge in [-0.25, -0.2) is 0 Å². The Hall–Kier alpha value is -2.43. The highest BCUT2D eigenvalue weighted by atomic mass is 16.1. The maximum Gasteiger partial charge on any atom is 0.251 e. The fourth-order valence-corrected chi connectivity index (χ4v) is 1.85. The monoisotopic (exact) mass is 270 g/mol. The fourth-order valence-electron chi connectivity index (χ4n) is 1.85. The topological polar surface area (TPSA) is 66.9 Å². The molecule has 2 rings (SSSR count). The summed E-state index contributed by atoms with van der Waals surface area (Å²) in [6, 6.07) is 5.64. The van der Waals surface area contributed by atoms with Crippen LogP contribution in [0.1, 0.15) is 27.3 Å². The molecule has 0 unspecified atom stereocenters. The van der Waals surface area contributed by atoms with Gasteiger partial charge in [0.2, 0.25) is 0 Å². The van der Waals surface area contributed by atoms with E-state index in [9.17, 15) is 4.79 Å². The number of hydrogen-bond donors (Lipinski definition) is 2. The molecule has 5 heteroatoms. The quantitative estimate of drug-likeness (QED) is 0.892. The van der Waals surface area contributed by atoms with Gasteiger partial charge in [0.1, 0.15) is 0 Å². The Kier molecular flexibility index (Phi) is 4.30. The van der Waals surface area contributed by atoms with Gasteiger partial charge in [-0.2, -0.15) is 0 Å². The summed E-state index contributed by atoms with van der Waals surface area (Å²) < 4.78 is 0. The second-order valence-electron chi connectivity index (χ2n) is 4.61. The summed E-state index contributed by atoms with van der Waals surface area (Å²) in [4.78, 5) is 20.5. The number of anilines is 1. The van der Waals surface area contributed by atoms with E-state index in [-0.39, 0.29) is 5.91 Å². The van der Waals surface area contributed by atoms with Crippen molar-refractivity contribution >= 4 is 11.6 Å². The molecule has 2 aromatic rings. The lowest BCUT2D eigenvalue weighted by atomic mass is 10.1. The van der Waals surface area contributed by atoms with Crippen molar-refractivity contribution in [3.05, 3.63) is 53.1 Å². The molecule has 1 amide bonds. The Balaban J connectivity index is 2.03. The highest BCUT2D eigenvalue weighted by Crippen LogP contribution is 2.14. The minimum atomic E-state index is -0.104. The van der Waals surface area contributed by atoms with Crippen LogP contribution in [0, 0.1) is 13.8 Å². The smallest absolute Gasteiger partial charge is 0.251 e. The summed E-state index contributed by atoms with van der Waals surface area (Å²) in [5.41, 5.74) is 4.20. The van der Waals surface area contributed by atoms with Gasteiger partial charge in [-0.3, -0.25) is 14.8 Å². The normalized spacial score (nSPS) is 10.2. The van der Waals surface area contributed by atoms with Gasteiger partial charge in [-0.05, 0) is 37.6 Å². The van der Waals surface area contributed by atoms with Crippen molar-refractivity contribution in [3.8, 4) is 0 Å². The number of aryl methyl sites for hydroxylation is 2. The average Bonchev–Trinajstić information content (AvgIpc) is 2.46. The van der Waals surface area contributed by atoms with Crippen molar-refractivity contribution in [1.82, 2.24) is 15.3 Å². The minimum Gasteiger partial charge on any atom is -0.388 e. The number of carbonyl (C=O) groups is 1. The average molecular weight is 270 g/mol. The van der Waals surface area contributed by atoms with Crippen molar-refractivity contribution in [2.24, 2.45) is 0 Å². The van der Waals surface area contributed by atoms with Crippen molar-refractivity contribution in [1.29, 1.82) is 0 Å². The number of aromatic nitrogens is 2. The molecule has 0 fully saturated rings. The molecule has 0 spiro atoms. The SMILES string of the molecule is CNc1ccc(C(=O)NCc2cnc(C)cn2)c(C)c1. The summed E-state index contributed by atoms with van der Waals surface area (Å²) in [6.07, 6.45) is 3.36. The first-order chi connectivity index (χ1) is 9.60. The highest BCUT2D eigenvalue weighted by Gasteiger charge is 2.09. The largest absolute Gasteiger partial charge is 0.388 e. The van der Waals surface area contributed by atoms with Crippen molar-refractivity contribution in [2.75, 3.05) is 12.4 Å². The highest BCUT2D eigenvalue weighted by molar-refractivity contribution is 5.96. The lowest BCUT2D eigenvalue weighted by Crippen LogP contribution is -2.24. The summed E-state index contributed by atoms with van der Waals surface area (Å²) in [5, 5.41) is 5.90. The first-order valence-corrected chi connectivity index (χ1v) is 6.44. The summed E-state index contributed by atoms with van der Waals surface area (Å²) in [6.45, 7) is 4.17. The molecule has 1 aromatic carbocycles. The van der Waals surface area contributed by atoms with Gasteiger partial charge in [-0.15, -0.1) is 0 Å². The van der Waals surface area contributed by atoms with Crippen molar-refractivity contribution < 1.29 is 4.79 Å². The molecule has 0 saturated heterocycles. The van der Waals surface area contributed by atoms with Crippen LogP contribution in [0.15, 0.2) is 30.6 Å². The molecule has 0 bridgehead atoms. The van der Waals surface area contributed by atoms with Gasteiger partial charge in [-0.1, -0.05) is 0 Å².